The zero-order valence-corrected chi connectivity index (χ0v) is 17.8. The molecule has 2 aromatic rings. The third kappa shape index (κ3) is 3.96. The van der Waals surface area contributed by atoms with Crippen molar-refractivity contribution in [2.45, 2.75) is 44.2 Å². The van der Waals surface area contributed by atoms with Gasteiger partial charge in [-0.2, -0.15) is 0 Å². The van der Waals surface area contributed by atoms with Crippen LogP contribution in [0.4, 0.5) is 0 Å². The van der Waals surface area contributed by atoms with Crippen molar-refractivity contribution in [3.63, 3.8) is 0 Å². The number of carbonyl (C=O) groups excluding carboxylic acids is 1. The van der Waals surface area contributed by atoms with Gasteiger partial charge in [-0.1, -0.05) is 6.42 Å². The van der Waals surface area contributed by atoms with E-state index in [0.29, 0.717) is 30.4 Å². The number of halogens is 2. The first-order valence-corrected chi connectivity index (χ1v) is 9.96. The predicted molar refractivity (Wildman–Crippen MR) is 116 cm³/mol. The monoisotopic (exact) mass is 439 g/mol. The number of nitrogens with one attached hydrogen (secondary N) is 2. The summed E-state index contributed by atoms with van der Waals surface area (Å²) in [7, 11) is 0. The highest BCUT2D eigenvalue weighted by atomic mass is 35.5. The molecule has 3 aliphatic rings. The minimum absolute atomic E-state index is 0. The zero-order chi connectivity index (χ0) is 18.4. The van der Waals surface area contributed by atoms with E-state index in [0.717, 1.165) is 44.5 Å². The lowest BCUT2D eigenvalue weighted by Gasteiger charge is -2.44. The molecule has 9 heteroatoms. The van der Waals surface area contributed by atoms with Crippen LogP contribution < -0.4 is 10.9 Å². The summed E-state index contributed by atoms with van der Waals surface area (Å²) < 4.78 is 1.91. The van der Waals surface area contributed by atoms with Crippen LogP contribution in [0, 0.1) is 5.92 Å². The molecule has 2 saturated heterocycles. The molecule has 3 atom stereocenters. The Balaban J connectivity index is 0.00000120. The molecule has 2 aromatic heterocycles. The van der Waals surface area contributed by atoms with Crippen molar-refractivity contribution < 1.29 is 4.79 Å². The van der Waals surface area contributed by atoms with Gasteiger partial charge in [0.2, 0.25) is 5.91 Å². The van der Waals surface area contributed by atoms with Gasteiger partial charge in [-0.05, 0) is 43.9 Å². The number of H-pyrrole nitrogens is 1. The molecular weight excluding hydrogens is 413 g/mol. The second kappa shape index (κ2) is 8.90. The Bertz CT molecular complexity index is 908. The number of rotatable bonds is 2. The van der Waals surface area contributed by atoms with Gasteiger partial charge >= 0.3 is 0 Å². The maximum atomic E-state index is 13.0. The maximum Gasteiger partial charge on any atom is 0.261 e. The predicted octanol–water partition coefficient (Wildman–Crippen LogP) is 2.17. The second-order valence-electron chi connectivity index (χ2n) is 8.07. The van der Waals surface area contributed by atoms with E-state index in [9.17, 15) is 9.59 Å². The van der Waals surface area contributed by atoms with E-state index in [1.54, 1.807) is 12.4 Å². The summed E-state index contributed by atoms with van der Waals surface area (Å²) in [5.41, 5.74) is 1.69. The average molecular weight is 440 g/mol. The van der Waals surface area contributed by atoms with Gasteiger partial charge in [-0.3, -0.25) is 9.59 Å². The van der Waals surface area contributed by atoms with E-state index in [1.165, 1.54) is 0 Å². The molecule has 5 rings (SSSR count). The van der Waals surface area contributed by atoms with E-state index in [-0.39, 0.29) is 48.2 Å². The number of aromatic nitrogens is 3. The molecule has 0 spiro atoms. The minimum atomic E-state index is -0.0268. The fourth-order valence-electron chi connectivity index (χ4n) is 5.00. The number of likely N-dealkylation sites (tertiary alicyclic amines) is 1. The number of aromatic amines is 1. The third-order valence-corrected chi connectivity index (χ3v) is 6.28. The van der Waals surface area contributed by atoms with Gasteiger partial charge in [0.25, 0.3) is 5.56 Å². The summed E-state index contributed by atoms with van der Waals surface area (Å²) >= 11 is 0. The standard InChI is InChI=1S/C20H25N5O2.2ClH/c26-19-15(18-22-7-8-23-18)4-5-17-14-9-13(11-25(17)19)10-24(12-14)20(27)16-3-1-2-6-21-16;;/h4-5,7-8,13-14,16,21H,1-3,6,9-12H2,(H,22,23);2*1H/t13-,14+,16+;;/m0../s1. The molecule has 29 heavy (non-hydrogen) atoms. The molecule has 0 unspecified atom stereocenters. The minimum Gasteiger partial charge on any atom is -0.344 e. The van der Waals surface area contributed by atoms with Crippen LogP contribution in [0.3, 0.4) is 0 Å². The lowest BCUT2D eigenvalue weighted by Crippen LogP contribution is -2.55. The maximum absolute atomic E-state index is 13.0. The van der Waals surface area contributed by atoms with Crippen LogP contribution in [-0.2, 0) is 11.3 Å². The molecule has 2 bridgehead atoms. The molecule has 2 fully saturated rings. The quantitative estimate of drug-likeness (QED) is 0.750. The smallest absolute Gasteiger partial charge is 0.261 e. The SMILES string of the molecule is Cl.Cl.O=C([C@H]1CCCCN1)N1C[C@@H]2C[C@H](C1)c1ccc(-c3ncc[nH]3)c(=O)n1C2. The van der Waals surface area contributed by atoms with Gasteiger partial charge in [-0.15, -0.1) is 24.8 Å². The van der Waals surface area contributed by atoms with Crippen LogP contribution in [0.2, 0.25) is 0 Å². The fraction of sp³-hybridized carbons (Fsp3) is 0.550. The van der Waals surface area contributed by atoms with Gasteiger partial charge in [0.05, 0.1) is 11.6 Å². The number of piperidine rings is 2. The first-order valence-electron chi connectivity index (χ1n) is 9.96. The highest BCUT2D eigenvalue weighted by Gasteiger charge is 2.38. The van der Waals surface area contributed by atoms with E-state index in [1.807, 2.05) is 21.6 Å². The molecule has 5 heterocycles. The molecule has 158 valence electrons. The lowest BCUT2D eigenvalue weighted by atomic mass is 9.82. The zero-order valence-electron chi connectivity index (χ0n) is 16.2. The summed E-state index contributed by atoms with van der Waals surface area (Å²) in [5, 5.41) is 3.38. The molecule has 0 radical (unpaired) electrons. The molecule has 3 aliphatic heterocycles. The number of pyridine rings is 1. The summed E-state index contributed by atoms with van der Waals surface area (Å²) in [6, 6.07) is 3.89. The fourth-order valence-corrected chi connectivity index (χ4v) is 5.00. The first kappa shape index (κ1) is 21.9. The first-order chi connectivity index (χ1) is 13.2. The number of amides is 1. The van der Waals surface area contributed by atoms with E-state index in [2.05, 4.69) is 15.3 Å². The largest absolute Gasteiger partial charge is 0.344 e. The molecular formula is C20H27Cl2N5O2. The van der Waals surface area contributed by atoms with Gasteiger partial charge < -0.3 is 19.8 Å². The van der Waals surface area contributed by atoms with E-state index < -0.39 is 0 Å². The van der Waals surface area contributed by atoms with Crippen molar-refractivity contribution in [2.24, 2.45) is 5.92 Å². The van der Waals surface area contributed by atoms with Gasteiger partial charge in [0.1, 0.15) is 5.82 Å². The van der Waals surface area contributed by atoms with Crippen LogP contribution >= 0.6 is 24.8 Å². The van der Waals surface area contributed by atoms with Crippen molar-refractivity contribution in [3.05, 3.63) is 40.6 Å². The molecule has 7 nitrogen and oxygen atoms in total. The van der Waals surface area contributed by atoms with Gasteiger partial charge in [0, 0.05) is 43.6 Å². The van der Waals surface area contributed by atoms with Crippen molar-refractivity contribution in [1.29, 1.82) is 0 Å². The number of carbonyl (C=O) groups is 1. The highest BCUT2D eigenvalue weighted by molar-refractivity contribution is 5.85. The number of hydrogen-bond acceptors (Lipinski definition) is 4. The number of nitrogens with zero attached hydrogens (tertiary/aromatic N) is 3. The Kier molecular flexibility index (Phi) is 6.71. The Hall–Kier alpha value is -1.83. The Labute approximate surface area is 182 Å². The van der Waals surface area contributed by atoms with Gasteiger partial charge in [-0.25, -0.2) is 4.98 Å². The molecule has 0 saturated carbocycles. The number of fused-ring (bicyclic) bond motifs is 4. The number of hydrogen-bond donors (Lipinski definition) is 2. The van der Waals surface area contributed by atoms with E-state index in [4.69, 9.17) is 0 Å². The molecule has 0 aliphatic carbocycles. The normalized spacial score (nSPS) is 25.4. The average Bonchev–Trinajstić information content (AvgIpc) is 3.23. The van der Waals surface area contributed by atoms with Crippen LogP contribution in [0.5, 0.6) is 0 Å². The van der Waals surface area contributed by atoms with Crippen molar-refractivity contribution in [3.8, 4) is 11.4 Å². The molecule has 0 aromatic carbocycles. The van der Waals surface area contributed by atoms with E-state index >= 15 is 0 Å². The van der Waals surface area contributed by atoms with Crippen LogP contribution in [0.25, 0.3) is 11.4 Å². The summed E-state index contributed by atoms with van der Waals surface area (Å²) in [4.78, 5) is 35.3. The Morgan fingerprint density at radius 2 is 2.00 bits per heavy atom. The Morgan fingerprint density at radius 1 is 1.14 bits per heavy atom. The second-order valence-corrected chi connectivity index (χ2v) is 8.07. The summed E-state index contributed by atoms with van der Waals surface area (Å²) in [5.74, 6) is 1.44. The Morgan fingerprint density at radius 3 is 2.72 bits per heavy atom. The highest BCUT2D eigenvalue weighted by Crippen LogP contribution is 2.36. The molecule has 1 amide bonds. The van der Waals surface area contributed by atoms with Crippen LogP contribution in [0.15, 0.2) is 29.3 Å². The topological polar surface area (TPSA) is 83.0 Å². The van der Waals surface area contributed by atoms with Gasteiger partial charge in [0.15, 0.2) is 0 Å². The van der Waals surface area contributed by atoms with Crippen molar-refractivity contribution in [1.82, 2.24) is 24.8 Å². The van der Waals surface area contributed by atoms with Crippen LogP contribution in [-0.4, -0.2) is 51.0 Å². The lowest BCUT2D eigenvalue weighted by molar-refractivity contribution is -0.136. The summed E-state index contributed by atoms with van der Waals surface area (Å²) in [6.45, 7) is 3.09. The third-order valence-electron chi connectivity index (χ3n) is 6.28. The van der Waals surface area contributed by atoms with Crippen LogP contribution in [0.1, 0.15) is 37.3 Å². The summed E-state index contributed by atoms with van der Waals surface area (Å²) in [6.07, 6.45) is 7.67. The van der Waals surface area contributed by atoms with Crippen molar-refractivity contribution in [2.75, 3.05) is 19.6 Å². The molecule has 2 N–H and O–H groups in total. The number of imidazole rings is 1. The van der Waals surface area contributed by atoms with Crippen molar-refractivity contribution >= 4 is 30.7 Å².